The fourth-order valence-electron chi connectivity index (χ4n) is 4.26. The van der Waals surface area contributed by atoms with Crippen LogP contribution in [0, 0.1) is 0 Å². The fourth-order valence-corrected chi connectivity index (χ4v) is 4.26. The Balaban J connectivity index is 1.38. The Labute approximate surface area is 188 Å². The Morgan fingerprint density at radius 2 is 1.91 bits per heavy atom. The summed E-state index contributed by atoms with van der Waals surface area (Å²) in [7, 11) is 0. The van der Waals surface area contributed by atoms with Gasteiger partial charge in [-0.15, -0.1) is 0 Å². The molecule has 4 rings (SSSR count). The number of hydrogen-bond acceptors (Lipinski definition) is 4. The van der Waals surface area contributed by atoms with E-state index in [0.29, 0.717) is 17.7 Å². The van der Waals surface area contributed by atoms with Crippen LogP contribution in [-0.4, -0.2) is 48.0 Å². The number of amides is 3. The van der Waals surface area contributed by atoms with Crippen LogP contribution in [0.1, 0.15) is 35.7 Å². The second kappa shape index (κ2) is 8.42. The van der Waals surface area contributed by atoms with Gasteiger partial charge in [-0.25, -0.2) is 0 Å². The van der Waals surface area contributed by atoms with Crippen molar-refractivity contribution in [2.24, 2.45) is 0 Å². The van der Waals surface area contributed by atoms with Crippen molar-refractivity contribution in [1.29, 1.82) is 0 Å². The monoisotopic (exact) mass is 461 g/mol. The first-order valence-corrected chi connectivity index (χ1v) is 10.4. The van der Waals surface area contributed by atoms with Crippen molar-refractivity contribution in [3.8, 4) is 5.75 Å². The highest BCUT2D eigenvalue weighted by Gasteiger charge is 2.53. The highest BCUT2D eigenvalue weighted by atomic mass is 19.4. The Hall–Kier alpha value is -3.56. The number of fused-ring (bicyclic) bond motifs is 3. The number of carbonyl (C=O) groups is 3. The molecule has 1 unspecified atom stereocenters. The summed E-state index contributed by atoms with van der Waals surface area (Å²) < 4.78 is 43.7. The van der Waals surface area contributed by atoms with E-state index in [0.717, 1.165) is 12.1 Å². The van der Waals surface area contributed by atoms with Gasteiger partial charge in [0.25, 0.3) is 5.91 Å². The molecule has 1 atom stereocenters. The summed E-state index contributed by atoms with van der Waals surface area (Å²) >= 11 is 0. The number of carbonyl (C=O) groups excluding carboxylic acids is 3. The zero-order chi connectivity index (χ0) is 23.8. The summed E-state index contributed by atoms with van der Waals surface area (Å²) in [5.74, 6) is -0.878. The van der Waals surface area contributed by atoms with Crippen molar-refractivity contribution in [1.82, 2.24) is 10.2 Å². The summed E-state index contributed by atoms with van der Waals surface area (Å²) in [4.78, 5) is 41.2. The van der Waals surface area contributed by atoms with Gasteiger partial charge in [-0.3, -0.25) is 19.3 Å². The summed E-state index contributed by atoms with van der Waals surface area (Å²) in [6.07, 6.45) is -3.81. The molecule has 2 aromatic carbocycles. The maximum Gasteiger partial charge on any atom is 0.416 e. The van der Waals surface area contributed by atoms with Gasteiger partial charge in [0.1, 0.15) is 24.6 Å². The number of anilines is 1. The van der Waals surface area contributed by atoms with Crippen molar-refractivity contribution in [2.75, 3.05) is 24.6 Å². The molecule has 2 aliphatic heterocycles. The third-order valence-electron chi connectivity index (χ3n) is 5.90. The molecule has 33 heavy (non-hydrogen) atoms. The van der Waals surface area contributed by atoms with E-state index in [1.807, 2.05) is 0 Å². The molecule has 2 aromatic rings. The molecular weight excluding hydrogens is 439 g/mol. The predicted octanol–water partition coefficient (Wildman–Crippen LogP) is 3.20. The van der Waals surface area contributed by atoms with Crippen LogP contribution in [-0.2, 0) is 15.8 Å². The molecule has 1 N–H and O–H groups in total. The molecule has 0 spiro atoms. The van der Waals surface area contributed by atoms with Gasteiger partial charge in [0.2, 0.25) is 11.8 Å². The van der Waals surface area contributed by atoms with Crippen LogP contribution < -0.4 is 15.0 Å². The molecule has 0 aliphatic carbocycles. The molecule has 10 heteroatoms. The molecule has 0 radical (unpaired) electrons. The third-order valence-corrected chi connectivity index (χ3v) is 5.90. The predicted molar refractivity (Wildman–Crippen MR) is 113 cm³/mol. The molecule has 3 amide bonds. The largest absolute Gasteiger partial charge is 0.492 e. The second-order valence-electron chi connectivity index (χ2n) is 8.08. The van der Waals surface area contributed by atoms with Crippen LogP contribution >= 0.6 is 0 Å². The first-order valence-electron chi connectivity index (χ1n) is 10.4. The minimum Gasteiger partial charge on any atom is -0.492 e. The van der Waals surface area contributed by atoms with Crippen molar-refractivity contribution < 1.29 is 32.3 Å². The topological polar surface area (TPSA) is 79.0 Å². The number of alkyl halides is 3. The van der Waals surface area contributed by atoms with Crippen molar-refractivity contribution in [3.63, 3.8) is 0 Å². The summed E-state index contributed by atoms with van der Waals surface area (Å²) in [5, 5.41) is 2.61. The summed E-state index contributed by atoms with van der Waals surface area (Å²) in [6, 6.07) is 11.3. The van der Waals surface area contributed by atoms with Gasteiger partial charge in [0.05, 0.1) is 23.4 Å². The Bertz CT molecular complexity index is 1100. The van der Waals surface area contributed by atoms with Gasteiger partial charge in [-0.2, -0.15) is 13.2 Å². The molecule has 0 saturated carbocycles. The molecule has 174 valence electrons. The van der Waals surface area contributed by atoms with E-state index in [1.165, 1.54) is 17.0 Å². The minimum absolute atomic E-state index is 0.0348. The van der Waals surface area contributed by atoms with Crippen molar-refractivity contribution >= 4 is 23.4 Å². The lowest BCUT2D eigenvalue weighted by atomic mass is 9.98. The van der Waals surface area contributed by atoms with E-state index in [9.17, 15) is 27.6 Å². The van der Waals surface area contributed by atoms with E-state index in [4.69, 9.17) is 4.74 Å². The van der Waals surface area contributed by atoms with Crippen LogP contribution in [0.2, 0.25) is 0 Å². The lowest BCUT2D eigenvalue weighted by molar-refractivity contribution is -0.137. The Morgan fingerprint density at radius 1 is 1.15 bits per heavy atom. The van der Waals surface area contributed by atoms with Gasteiger partial charge in [-0.1, -0.05) is 18.2 Å². The molecule has 0 bridgehead atoms. The number of nitrogens with one attached hydrogen (secondary N) is 1. The van der Waals surface area contributed by atoms with E-state index in [2.05, 4.69) is 5.32 Å². The van der Waals surface area contributed by atoms with Crippen LogP contribution in [0.15, 0.2) is 48.5 Å². The standard InChI is InChI=1S/C23H22F3N3O4/c1-22-10-9-20(31)29(22)18-8-3-2-7-17(18)21(32)28(22)14-19(30)27-11-12-33-16-6-4-5-15(13-16)23(24,25)26/h2-8,13H,9-12,14H2,1H3,(H,27,30). The van der Waals surface area contributed by atoms with Gasteiger partial charge >= 0.3 is 6.18 Å². The number of nitrogens with zero attached hydrogens (tertiary/aromatic N) is 2. The van der Waals surface area contributed by atoms with Crippen LogP contribution in [0.25, 0.3) is 0 Å². The highest BCUT2D eigenvalue weighted by Crippen LogP contribution is 2.43. The lowest BCUT2D eigenvalue weighted by Crippen LogP contribution is -2.63. The average molecular weight is 461 g/mol. The molecule has 2 heterocycles. The van der Waals surface area contributed by atoms with Crippen LogP contribution in [0.3, 0.4) is 0 Å². The zero-order valence-electron chi connectivity index (χ0n) is 17.8. The molecule has 1 fully saturated rings. The summed E-state index contributed by atoms with van der Waals surface area (Å²) in [5.41, 5.74) is -0.879. The first kappa shape index (κ1) is 22.6. The third kappa shape index (κ3) is 4.24. The Morgan fingerprint density at radius 3 is 2.67 bits per heavy atom. The molecule has 1 saturated heterocycles. The number of hydrogen-bond donors (Lipinski definition) is 1. The highest BCUT2D eigenvalue weighted by molar-refractivity contribution is 6.11. The van der Waals surface area contributed by atoms with E-state index in [1.54, 1.807) is 36.1 Å². The maximum absolute atomic E-state index is 13.1. The zero-order valence-corrected chi connectivity index (χ0v) is 17.8. The number of ether oxygens (including phenoxy) is 1. The van der Waals surface area contributed by atoms with E-state index >= 15 is 0 Å². The van der Waals surface area contributed by atoms with E-state index in [-0.39, 0.29) is 43.7 Å². The maximum atomic E-state index is 13.1. The number of halogens is 3. The SMILES string of the molecule is CC12CCC(=O)N1c1ccccc1C(=O)N2CC(=O)NCCOc1cccc(C(F)(F)F)c1. The quantitative estimate of drug-likeness (QED) is 0.671. The Kier molecular flexibility index (Phi) is 5.77. The number of benzene rings is 2. The van der Waals surface area contributed by atoms with Gasteiger partial charge in [0.15, 0.2) is 0 Å². The number of para-hydroxylation sites is 1. The van der Waals surface area contributed by atoms with Gasteiger partial charge in [-0.05, 0) is 43.7 Å². The molecule has 2 aliphatic rings. The normalized spacial score (nSPS) is 19.9. The van der Waals surface area contributed by atoms with Crippen molar-refractivity contribution in [2.45, 2.75) is 31.6 Å². The van der Waals surface area contributed by atoms with Crippen LogP contribution in [0.5, 0.6) is 5.75 Å². The second-order valence-corrected chi connectivity index (χ2v) is 8.08. The molecule has 7 nitrogen and oxygen atoms in total. The number of rotatable bonds is 6. The van der Waals surface area contributed by atoms with E-state index < -0.39 is 23.3 Å². The average Bonchev–Trinajstić information content (AvgIpc) is 3.09. The first-order chi connectivity index (χ1) is 15.6. The smallest absolute Gasteiger partial charge is 0.416 e. The van der Waals surface area contributed by atoms with Crippen molar-refractivity contribution in [3.05, 3.63) is 59.7 Å². The fraction of sp³-hybridized carbons (Fsp3) is 0.348. The van der Waals surface area contributed by atoms with Crippen LogP contribution in [0.4, 0.5) is 18.9 Å². The van der Waals surface area contributed by atoms with Gasteiger partial charge < -0.3 is 15.0 Å². The molecular formula is C23H22F3N3O4. The minimum atomic E-state index is -4.47. The lowest BCUT2D eigenvalue weighted by Gasteiger charge is -2.48. The summed E-state index contributed by atoms with van der Waals surface area (Å²) in [6.45, 7) is 1.48. The van der Waals surface area contributed by atoms with Gasteiger partial charge in [0, 0.05) is 6.42 Å². The molecule has 0 aromatic heterocycles.